The Bertz CT molecular complexity index is 287. The van der Waals surface area contributed by atoms with Gasteiger partial charge in [0.05, 0.1) is 0 Å². The largest absolute Gasteiger partial charge is 0.299 e. The zero-order valence-electron chi connectivity index (χ0n) is 9.08. The molecule has 0 bridgehead atoms. The standard InChI is InChI=1S/C13H18OS/c1-2-3-4-5-6-7-13(14)10-12-8-9-15-11-12/h2,8-9,11H,1,3-7,10H2. The van der Waals surface area contributed by atoms with E-state index in [1.54, 1.807) is 11.3 Å². The minimum Gasteiger partial charge on any atom is -0.299 e. The molecule has 0 aliphatic heterocycles. The van der Waals surface area contributed by atoms with Gasteiger partial charge >= 0.3 is 0 Å². The first kappa shape index (κ1) is 12.2. The second-order valence-electron chi connectivity index (χ2n) is 3.74. The van der Waals surface area contributed by atoms with Crippen molar-refractivity contribution >= 4 is 17.1 Å². The van der Waals surface area contributed by atoms with Crippen LogP contribution in [0.3, 0.4) is 0 Å². The highest BCUT2D eigenvalue weighted by Gasteiger charge is 2.03. The number of unbranched alkanes of at least 4 members (excludes halogenated alkanes) is 3. The number of carbonyl (C=O) groups excluding carboxylic acids is 1. The van der Waals surface area contributed by atoms with Gasteiger partial charge in [-0.25, -0.2) is 0 Å². The molecule has 1 aromatic rings. The third kappa shape index (κ3) is 5.53. The van der Waals surface area contributed by atoms with Crippen molar-refractivity contribution in [2.24, 2.45) is 0 Å². The quantitative estimate of drug-likeness (QED) is 0.480. The smallest absolute Gasteiger partial charge is 0.137 e. The van der Waals surface area contributed by atoms with Crippen LogP contribution in [-0.2, 0) is 11.2 Å². The van der Waals surface area contributed by atoms with Crippen molar-refractivity contribution in [3.8, 4) is 0 Å². The van der Waals surface area contributed by atoms with Gasteiger partial charge < -0.3 is 0 Å². The van der Waals surface area contributed by atoms with Crippen molar-refractivity contribution in [2.75, 3.05) is 0 Å². The molecule has 0 saturated heterocycles. The van der Waals surface area contributed by atoms with E-state index in [1.165, 1.54) is 0 Å². The molecule has 1 nitrogen and oxygen atoms in total. The molecule has 0 saturated carbocycles. The van der Waals surface area contributed by atoms with Crippen LogP contribution in [0, 0.1) is 0 Å². The maximum absolute atomic E-state index is 11.5. The van der Waals surface area contributed by atoms with Crippen LogP contribution in [0.2, 0.25) is 0 Å². The van der Waals surface area contributed by atoms with Crippen LogP contribution in [0.15, 0.2) is 29.5 Å². The molecule has 0 aliphatic carbocycles. The fourth-order valence-corrected chi connectivity index (χ4v) is 2.17. The summed E-state index contributed by atoms with van der Waals surface area (Å²) in [7, 11) is 0. The van der Waals surface area contributed by atoms with Crippen LogP contribution in [0.25, 0.3) is 0 Å². The lowest BCUT2D eigenvalue weighted by Crippen LogP contribution is -2.01. The van der Waals surface area contributed by atoms with Crippen molar-refractivity contribution in [1.82, 2.24) is 0 Å². The van der Waals surface area contributed by atoms with Gasteiger partial charge in [-0.2, -0.15) is 11.3 Å². The predicted molar refractivity (Wildman–Crippen MR) is 66.3 cm³/mol. The number of thiophene rings is 1. The molecule has 0 atom stereocenters. The predicted octanol–water partition coefficient (Wildman–Crippen LogP) is 4.00. The van der Waals surface area contributed by atoms with E-state index in [9.17, 15) is 4.79 Å². The second kappa shape index (κ2) is 7.41. The summed E-state index contributed by atoms with van der Waals surface area (Å²) in [5.41, 5.74) is 1.16. The molecule has 0 amide bonds. The van der Waals surface area contributed by atoms with Gasteiger partial charge in [0.15, 0.2) is 0 Å². The van der Waals surface area contributed by atoms with Crippen molar-refractivity contribution in [1.29, 1.82) is 0 Å². The van der Waals surface area contributed by atoms with Crippen LogP contribution in [0.5, 0.6) is 0 Å². The third-order valence-corrected chi connectivity index (χ3v) is 3.08. The molecule has 82 valence electrons. The molecule has 1 aromatic heterocycles. The Morgan fingerprint density at radius 1 is 1.40 bits per heavy atom. The zero-order chi connectivity index (χ0) is 10.9. The number of ketones is 1. The minimum absolute atomic E-state index is 0.368. The Labute approximate surface area is 95.8 Å². The van der Waals surface area contributed by atoms with Crippen LogP contribution in [0.4, 0.5) is 0 Å². The summed E-state index contributed by atoms with van der Waals surface area (Å²) in [4.78, 5) is 11.5. The molecule has 0 aliphatic rings. The summed E-state index contributed by atoms with van der Waals surface area (Å²) >= 11 is 1.65. The summed E-state index contributed by atoms with van der Waals surface area (Å²) in [5.74, 6) is 0.368. The number of rotatable bonds is 8. The molecule has 15 heavy (non-hydrogen) atoms. The topological polar surface area (TPSA) is 17.1 Å². The van der Waals surface area contributed by atoms with E-state index < -0.39 is 0 Å². The van der Waals surface area contributed by atoms with Gasteiger partial charge in [-0.05, 0) is 41.7 Å². The summed E-state index contributed by atoms with van der Waals surface area (Å²) in [6.07, 6.45) is 7.68. The Hall–Kier alpha value is -0.890. The highest BCUT2D eigenvalue weighted by molar-refractivity contribution is 7.07. The van der Waals surface area contributed by atoms with Gasteiger partial charge in [0, 0.05) is 12.8 Å². The molecular weight excluding hydrogens is 204 g/mol. The minimum atomic E-state index is 0.368. The maximum Gasteiger partial charge on any atom is 0.137 e. The molecule has 0 N–H and O–H groups in total. The van der Waals surface area contributed by atoms with Crippen LogP contribution >= 0.6 is 11.3 Å². The third-order valence-electron chi connectivity index (χ3n) is 2.35. The summed E-state index contributed by atoms with van der Waals surface area (Å²) in [6.45, 7) is 3.68. The lowest BCUT2D eigenvalue weighted by molar-refractivity contribution is -0.118. The SMILES string of the molecule is C=CCCCCCC(=O)Cc1ccsc1. The Morgan fingerprint density at radius 2 is 2.27 bits per heavy atom. The second-order valence-corrected chi connectivity index (χ2v) is 4.52. The van der Waals surface area contributed by atoms with Gasteiger partial charge in [0.25, 0.3) is 0 Å². The van der Waals surface area contributed by atoms with E-state index in [1.807, 2.05) is 17.5 Å². The number of hydrogen-bond donors (Lipinski definition) is 0. The monoisotopic (exact) mass is 222 g/mol. The highest BCUT2D eigenvalue weighted by atomic mass is 32.1. The van der Waals surface area contributed by atoms with Gasteiger partial charge in [0.1, 0.15) is 5.78 Å². The van der Waals surface area contributed by atoms with E-state index in [0.717, 1.165) is 37.7 Å². The fraction of sp³-hybridized carbons (Fsp3) is 0.462. The highest BCUT2D eigenvalue weighted by Crippen LogP contribution is 2.10. The molecule has 0 unspecified atom stereocenters. The maximum atomic E-state index is 11.5. The van der Waals surface area contributed by atoms with E-state index in [-0.39, 0.29) is 0 Å². The summed E-state index contributed by atoms with van der Waals surface area (Å²) < 4.78 is 0. The molecule has 1 heterocycles. The van der Waals surface area contributed by atoms with Crippen molar-refractivity contribution in [3.05, 3.63) is 35.0 Å². The molecule has 0 radical (unpaired) electrons. The first-order valence-electron chi connectivity index (χ1n) is 5.46. The molecule has 0 spiro atoms. The average Bonchev–Trinajstić information content (AvgIpc) is 2.70. The van der Waals surface area contributed by atoms with Crippen LogP contribution < -0.4 is 0 Å². The zero-order valence-corrected chi connectivity index (χ0v) is 9.89. The van der Waals surface area contributed by atoms with Crippen molar-refractivity contribution in [3.63, 3.8) is 0 Å². The Balaban J connectivity index is 2.06. The molecule has 0 fully saturated rings. The first-order chi connectivity index (χ1) is 7.33. The van der Waals surface area contributed by atoms with Gasteiger partial charge in [-0.15, -0.1) is 6.58 Å². The summed E-state index contributed by atoms with van der Waals surface area (Å²) in [6, 6.07) is 2.03. The number of allylic oxidation sites excluding steroid dienone is 1. The lowest BCUT2D eigenvalue weighted by Gasteiger charge is -1.99. The normalized spacial score (nSPS) is 10.1. The van der Waals surface area contributed by atoms with Crippen molar-refractivity contribution in [2.45, 2.75) is 38.5 Å². The van der Waals surface area contributed by atoms with E-state index in [4.69, 9.17) is 0 Å². The van der Waals surface area contributed by atoms with E-state index in [0.29, 0.717) is 12.2 Å². The molecule has 2 heteroatoms. The van der Waals surface area contributed by atoms with Crippen LogP contribution in [0.1, 0.15) is 37.7 Å². The lowest BCUT2D eigenvalue weighted by atomic mass is 10.1. The van der Waals surface area contributed by atoms with Gasteiger partial charge in [-0.3, -0.25) is 4.79 Å². The fourth-order valence-electron chi connectivity index (χ4n) is 1.50. The Morgan fingerprint density at radius 3 is 2.93 bits per heavy atom. The van der Waals surface area contributed by atoms with Crippen LogP contribution in [-0.4, -0.2) is 5.78 Å². The van der Waals surface area contributed by atoms with Gasteiger partial charge in [-0.1, -0.05) is 12.5 Å². The summed E-state index contributed by atoms with van der Waals surface area (Å²) in [5, 5.41) is 4.07. The number of hydrogen-bond acceptors (Lipinski definition) is 2. The average molecular weight is 222 g/mol. The van der Waals surface area contributed by atoms with Crippen molar-refractivity contribution < 1.29 is 4.79 Å². The molecule has 0 aromatic carbocycles. The number of carbonyl (C=O) groups is 1. The molecule has 1 rings (SSSR count). The molecular formula is C13H18OS. The van der Waals surface area contributed by atoms with E-state index in [2.05, 4.69) is 12.0 Å². The van der Waals surface area contributed by atoms with Gasteiger partial charge in [0.2, 0.25) is 0 Å². The van der Waals surface area contributed by atoms with E-state index >= 15 is 0 Å². The number of Topliss-reactive ketones (excluding diaryl/α,β-unsaturated/α-hetero) is 1. The first-order valence-corrected chi connectivity index (χ1v) is 6.41. The Kier molecular flexibility index (Phi) is 6.02.